The Kier molecular flexibility index (Phi) is 6.91. The largest absolute Gasteiger partial charge is 0.455 e. The quantitative estimate of drug-likeness (QED) is 0.290. The summed E-state index contributed by atoms with van der Waals surface area (Å²) in [7, 11) is 1.48. The first kappa shape index (κ1) is 27.1. The van der Waals surface area contributed by atoms with E-state index in [2.05, 4.69) is 17.6 Å². The van der Waals surface area contributed by atoms with Crippen LogP contribution in [0.1, 0.15) is 53.0 Å². The van der Waals surface area contributed by atoms with Gasteiger partial charge in [-0.3, -0.25) is 14.4 Å². The van der Waals surface area contributed by atoms with Crippen molar-refractivity contribution in [3.8, 4) is 22.5 Å². The number of nitrogens with two attached hydrogens (primary N) is 1. The van der Waals surface area contributed by atoms with Crippen LogP contribution in [0.2, 0.25) is 0 Å². The maximum absolute atomic E-state index is 14.9. The standard InChI is InChI=1S/C31H29F2N3O4/c1-16-14-31(2,15-16)36-29(38)22-10-18(6-9-24(22)33)21-13-23-25(11-19(21)12-26(34)37)40-28(27(23)30(39)35-3)17-4-7-20(32)8-5-17/h4-11,13,16H,12,14-15H2,1-3H3,(H2,34,37)(H,35,39)(H,36,38). The second kappa shape index (κ2) is 10.2. The summed E-state index contributed by atoms with van der Waals surface area (Å²) in [5.41, 5.74) is 7.43. The molecule has 206 valence electrons. The molecule has 0 unspecified atom stereocenters. The lowest BCUT2D eigenvalue weighted by Crippen LogP contribution is -2.54. The third-order valence-corrected chi connectivity index (χ3v) is 7.37. The molecule has 9 heteroatoms. The molecule has 1 heterocycles. The minimum atomic E-state index is -0.678. The van der Waals surface area contributed by atoms with Gasteiger partial charge in [0.05, 0.1) is 17.5 Å². The first-order valence-electron chi connectivity index (χ1n) is 13.0. The number of hydrogen-bond donors (Lipinski definition) is 3. The number of rotatable bonds is 7. The third kappa shape index (κ3) is 5.06. The van der Waals surface area contributed by atoms with Crippen molar-refractivity contribution in [3.63, 3.8) is 0 Å². The Balaban J connectivity index is 1.67. The van der Waals surface area contributed by atoms with Gasteiger partial charge in [-0.2, -0.15) is 0 Å². The van der Waals surface area contributed by atoms with Crippen LogP contribution in [-0.4, -0.2) is 30.3 Å². The normalized spacial score (nSPS) is 18.3. The summed E-state index contributed by atoms with van der Waals surface area (Å²) in [4.78, 5) is 38.1. The molecular formula is C31H29F2N3O4. The highest BCUT2D eigenvalue weighted by molar-refractivity contribution is 6.12. The summed E-state index contributed by atoms with van der Waals surface area (Å²) in [5, 5.41) is 5.97. The summed E-state index contributed by atoms with van der Waals surface area (Å²) in [6.07, 6.45) is 1.44. The van der Waals surface area contributed by atoms with Crippen LogP contribution in [0.4, 0.5) is 8.78 Å². The number of halogens is 2. The van der Waals surface area contributed by atoms with Crippen LogP contribution in [0.3, 0.4) is 0 Å². The second-order valence-electron chi connectivity index (χ2n) is 10.8. The van der Waals surface area contributed by atoms with Crippen LogP contribution in [-0.2, 0) is 11.2 Å². The lowest BCUT2D eigenvalue weighted by molar-refractivity contribution is -0.117. The number of benzene rings is 3. The highest BCUT2D eigenvalue weighted by atomic mass is 19.1. The molecular weight excluding hydrogens is 516 g/mol. The zero-order valence-corrected chi connectivity index (χ0v) is 22.4. The average Bonchev–Trinajstić information content (AvgIpc) is 3.25. The molecule has 1 fully saturated rings. The minimum absolute atomic E-state index is 0.130. The maximum Gasteiger partial charge on any atom is 0.255 e. The van der Waals surface area contributed by atoms with Crippen molar-refractivity contribution in [2.45, 2.75) is 38.6 Å². The molecule has 3 aromatic carbocycles. The number of primary amides is 1. The molecule has 0 aliphatic heterocycles. The fourth-order valence-corrected chi connectivity index (χ4v) is 5.73. The molecule has 1 aliphatic rings. The molecule has 5 rings (SSSR count). The number of furan rings is 1. The monoisotopic (exact) mass is 545 g/mol. The van der Waals surface area contributed by atoms with E-state index in [0.717, 1.165) is 12.8 Å². The van der Waals surface area contributed by atoms with Gasteiger partial charge in [-0.1, -0.05) is 13.0 Å². The van der Waals surface area contributed by atoms with E-state index in [1.54, 1.807) is 12.1 Å². The Morgan fingerprint density at radius 3 is 2.30 bits per heavy atom. The van der Waals surface area contributed by atoms with Gasteiger partial charge in [0.25, 0.3) is 11.8 Å². The molecule has 3 amide bonds. The van der Waals surface area contributed by atoms with Crippen LogP contribution in [0, 0.1) is 17.6 Å². The average molecular weight is 546 g/mol. The van der Waals surface area contributed by atoms with Gasteiger partial charge in [-0.05, 0) is 90.9 Å². The van der Waals surface area contributed by atoms with E-state index in [9.17, 15) is 23.2 Å². The third-order valence-electron chi connectivity index (χ3n) is 7.37. The molecule has 4 aromatic rings. The highest BCUT2D eigenvalue weighted by Gasteiger charge is 2.39. The summed E-state index contributed by atoms with van der Waals surface area (Å²) >= 11 is 0. The Labute approximate surface area is 229 Å². The molecule has 0 spiro atoms. The molecule has 40 heavy (non-hydrogen) atoms. The van der Waals surface area contributed by atoms with Gasteiger partial charge in [0.2, 0.25) is 5.91 Å². The SMILES string of the molecule is CNC(=O)c1c(-c2ccc(F)cc2)oc2cc(CC(N)=O)c(-c3ccc(F)c(C(=O)NC4(C)CC(C)C4)c3)cc12. The Morgan fingerprint density at radius 1 is 1.00 bits per heavy atom. The van der Waals surface area contributed by atoms with Crippen molar-refractivity contribution in [3.05, 3.63) is 82.9 Å². The van der Waals surface area contributed by atoms with Crippen molar-refractivity contribution in [2.24, 2.45) is 11.7 Å². The summed E-state index contributed by atoms with van der Waals surface area (Å²) in [6, 6.07) is 12.9. The van der Waals surface area contributed by atoms with Crippen LogP contribution in [0.5, 0.6) is 0 Å². The van der Waals surface area contributed by atoms with Crippen molar-refractivity contribution >= 4 is 28.7 Å². The number of hydrogen-bond acceptors (Lipinski definition) is 4. The number of amides is 3. The van der Waals surface area contributed by atoms with Crippen molar-refractivity contribution in [2.75, 3.05) is 7.05 Å². The highest BCUT2D eigenvalue weighted by Crippen LogP contribution is 2.39. The molecule has 0 atom stereocenters. The second-order valence-corrected chi connectivity index (χ2v) is 10.8. The van der Waals surface area contributed by atoms with Crippen LogP contribution in [0.25, 0.3) is 33.4 Å². The minimum Gasteiger partial charge on any atom is -0.455 e. The lowest BCUT2D eigenvalue weighted by atomic mass is 9.70. The molecule has 4 N–H and O–H groups in total. The fourth-order valence-electron chi connectivity index (χ4n) is 5.73. The predicted octanol–water partition coefficient (Wildman–Crippen LogP) is 5.35. The number of nitrogens with one attached hydrogen (secondary N) is 2. The lowest BCUT2D eigenvalue weighted by Gasteiger charge is -2.44. The molecule has 0 saturated heterocycles. The van der Waals surface area contributed by atoms with Crippen molar-refractivity contribution < 1.29 is 27.6 Å². The Bertz CT molecular complexity index is 1650. The zero-order chi connectivity index (χ0) is 28.8. The van der Waals surface area contributed by atoms with Gasteiger partial charge < -0.3 is 20.8 Å². The fraction of sp³-hybridized carbons (Fsp3) is 0.258. The number of carbonyl (C=O) groups is 3. The molecule has 1 aliphatic carbocycles. The smallest absolute Gasteiger partial charge is 0.255 e. The topological polar surface area (TPSA) is 114 Å². The van der Waals surface area contributed by atoms with Crippen LogP contribution in [0.15, 0.2) is 59.0 Å². The van der Waals surface area contributed by atoms with E-state index < -0.39 is 34.9 Å². The first-order chi connectivity index (χ1) is 19.0. The van der Waals surface area contributed by atoms with Gasteiger partial charge in [0, 0.05) is 23.5 Å². The van der Waals surface area contributed by atoms with E-state index in [-0.39, 0.29) is 23.3 Å². The maximum atomic E-state index is 14.9. The molecule has 0 bridgehead atoms. The molecule has 0 radical (unpaired) electrons. The molecule has 1 saturated carbocycles. The Morgan fingerprint density at radius 2 is 1.68 bits per heavy atom. The Hall–Kier alpha value is -4.53. The van der Waals surface area contributed by atoms with Gasteiger partial charge >= 0.3 is 0 Å². The van der Waals surface area contributed by atoms with E-state index in [4.69, 9.17) is 10.2 Å². The predicted molar refractivity (Wildman–Crippen MR) is 148 cm³/mol. The summed E-state index contributed by atoms with van der Waals surface area (Å²) in [5.74, 6) is -1.99. The van der Waals surface area contributed by atoms with Gasteiger partial charge in [0.15, 0.2) is 0 Å². The van der Waals surface area contributed by atoms with Crippen molar-refractivity contribution in [1.82, 2.24) is 10.6 Å². The van der Waals surface area contributed by atoms with E-state index in [1.165, 1.54) is 49.5 Å². The first-order valence-corrected chi connectivity index (χ1v) is 13.0. The van der Waals surface area contributed by atoms with Crippen LogP contribution < -0.4 is 16.4 Å². The van der Waals surface area contributed by atoms with Gasteiger partial charge in [0.1, 0.15) is 23.0 Å². The molecule has 7 nitrogen and oxygen atoms in total. The van der Waals surface area contributed by atoms with Crippen molar-refractivity contribution in [1.29, 1.82) is 0 Å². The number of carbonyl (C=O) groups excluding carboxylic acids is 3. The summed E-state index contributed by atoms with van der Waals surface area (Å²) in [6.45, 7) is 4.03. The summed E-state index contributed by atoms with van der Waals surface area (Å²) < 4.78 is 34.5. The molecule has 1 aromatic heterocycles. The van der Waals surface area contributed by atoms with E-state index in [0.29, 0.717) is 39.1 Å². The van der Waals surface area contributed by atoms with Crippen LogP contribution >= 0.6 is 0 Å². The van der Waals surface area contributed by atoms with E-state index >= 15 is 0 Å². The van der Waals surface area contributed by atoms with Gasteiger partial charge in [-0.15, -0.1) is 0 Å². The van der Waals surface area contributed by atoms with E-state index in [1.807, 2.05) is 6.92 Å². The zero-order valence-electron chi connectivity index (χ0n) is 22.4. The van der Waals surface area contributed by atoms with Gasteiger partial charge in [-0.25, -0.2) is 8.78 Å². The number of fused-ring (bicyclic) bond motifs is 1.